The fraction of sp³-hybridized carbons (Fsp3) is 0.605. The third kappa shape index (κ3) is 131. The lowest BCUT2D eigenvalue weighted by atomic mass is 10.1. The van der Waals surface area contributed by atoms with Crippen LogP contribution in [-0.4, -0.2) is 279 Å². The van der Waals surface area contributed by atoms with Crippen molar-refractivity contribution >= 4 is 38.7 Å². The van der Waals surface area contributed by atoms with Gasteiger partial charge in [-0.1, -0.05) is 87.9 Å². The highest BCUT2D eigenvalue weighted by Gasteiger charge is 2.17. The Labute approximate surface area is 663 Å². The Morgan fingerprint density at radius 1 is 0.615 bits per heavy atom. The number of alkyl halides is 1. The predicted molar refractivity (Wildman–Crippen MR) is 449 cm³/mol. The molecular formula is C81H149FN8O17S2. The van der Waals surface area contributed by atoms with Gasteiger partial charge in [-0.15, -0.1) is 0 Å². The number of aryl methyl sites for hydroxylation is 7. The predicted octanol–water partition coefficient (Wildman–Crippen LogP) is 12.5. The van der Waals surface area contributed by atoms with Gasteiger partial charge < -0.3 is 83.2 Å². The lowest BCUT2D eigenvalue weighted by molar-refractivity contribution is -0.122. The normalized spacial score (nSPS) is 10.9. The number of carbonyl (C=O) groups excluding carboxylic acids is 2. The minimum Gasteiger partial charge on any atom is -0.481 e. The molecule has 2 saturated heterocycles. The van der Waals surface area contributed by atoms with Gasteiger partial charge in [0.2, 0.25) is 11.8 Å². The molecule has 109 heavy (non-hydrogen) atoms. The third-order valence-corrected chi connectivity index (χ3v) is 12.8. The number of nitrogens with two attached hydrogens (primary N) is 2. The highest BCUT2D eigenvalue weighted by molar-refractivity contribution is 7.90. The maximum atomic E-state index is 11.1. The average Bonchev–Trinajstić information content (AvgIpc) is 1.38. The number of hydrogen-bond donors (Lipinski definition) is 3. The van der Waals surface area contributed by atoms with Crippen LogP contribution in [0.15, 0.2) is 127 Å². The fourth-order valence-electron chi connectivity index (χ4n) is 5.51. The number of nitrogens with zero attached hydrogens (tertiary/aromatic N) is 6. The monoisotopic (exact) mass is 1590 g/mol. The number of thiophene rings is 1. The Kier molecular flexibility index (Phi) is 108. The highest BCUT2D eigenvalue weighted by Crippen LogP contribution is 2.09. The minimum absolute atomic E-state index is 0.0139. The molecule has 0 unspecified atom stereocenters. The molecule has 2 aliphatic heterocycles. The summed E-state index contributed by atoms with van der Waals surface area (Å²) in [6.45, 7) is 32.2. The second-order valence-corrected chi connectivity index (χ2v) is 27.3. The second-order valence-electron chi connectivity index (χ2n) is 24.3. The molecular weight excluding hydrogens is 1440 g/mol. The standard InChI is InChI=1S/C7H9NO.C7H9N.C7H8.C6H8N2.C6H7N.C5H11NO.C5H12O3S.2C5H10O2.C5H6S.C4H9FO.C4H10O2.C4H10.C3H7NO2.C3H9N.C3H8O2.C2H6O/c1-6-3-4-7(9-2)8-5-6;1-6-3-4-7(2)8-5-6;1-7-5-3-2-4-6-7;1-5-2-3-6(7)8-4-5;1-6-3-2-4-7-5-6;1-6-2-4-7-5-3-6;1-8-4-3-5-9(2,6)7;1-6-2-5-3-7-4-5;1-3-5(6)4-7-2;1-5-2-3-6-4-5;1-6-4-2-3-5;1-5-3-4-6-2;1-4(2)3;1-6-2-3(4)5;1-4(2)3;1-5-3-2-4;1-3-2/h3-5H,1-2H3;3-5H,1-2H3;2-6H,1H3;2-4H,1H3,(H2,7,8);2-5H,1H3;2-5H2,1H3;3-5H2,1-2H3;5H,2-4H2,1H3;3-4H2,1-2H3;2-4H,1H3;2-4H2,1H3;3-4H2,1-2H3;4H,1-3H3;2H2,1H3,(H2,4,5);1-3H3;4H,2-3H2,1H3;1-2H3. The van der Waals surface area contributed by atoms with Crippen molar-refractivity contribution in [2.24, 2.45) is 17.6 Å². The molecule has 2 aliphatic rings. The molecule has 5 aromatic heterocycles. The lowest BCUT2D eigenvalue weighted by Crippen LogP contribution is -2.32. The molecule has 1 aromatic carbocycles. The Morgan fingerprint density at radius 3 is 1.28 bits per heavy atom. The molecule has 634 valence electrons. The van der Waals surface area contributed by atoms with E-state index < -0.39 is 15.7 Å². The minimum atomic E-state index is -2.78. The van der Waals surface area contributed by atoms with Gasteiger partial charge in [0.25, 0.3) is 0 Å². The number of rotatable bonds is 20. The van der Waals surface area contributed by atoms with Crippen LogP contribution in [0.2, 0.25) is 0 Å². The van der Waals surface area contributed by atoms with Gasteiger partial charge in [0.1, 0.15) is 28.9 Å². The molecule has 6 aromatic rings. The van der Waals surface area contributed by atoms with Gasteiger partial charge in [-0.2, -0.15) is 11.3 Å². The molecule has 0 spiro atoms. The van der Waals surface area contributed by atoms with Gasteiger partial charge in [0.15, 0.2) is 5.78 Å². The topological polar surface area (TPSA) is 309 Å². The van der Waals surface area contributed by atoms with Crippen LogP contribution in [0.25, 0.3) is 0 Å². The Hall–Kier alpha value is -6.42. The lowest BCUT2D eigenvalue weighted by Gasteiger charge is -2.24. The van der Waals surface area contributed by atoms with Gasteiger partial charge in [-0.3, -0.25) is 23.9 Å². The van der Waals surface area contributed by atoms with E-state index in [0.717, 1.165) is 68.9 Å². The van der Waals surface area contributed by atoms with E-state index >= 15 is 0 Å². The first-order chi connectivity index (χ1) is 51.7. The van der Waals surface area contributed by atoms with Crippen molar-refractivity contribution in [1.29, 1.82) is 0 Å². The van der Waals surface area contributed by atoms with Gasteiger partial charge in [-0.05, 0) is 158 Å². The molecule has 8 rings (SSSR count). The zero-order chi connectivity index (χ0) is 85.2. The molecule has 5 N–H and O–H groups in total. The number of benzene rings is 1. The Morgan fingerprint density at radius 2 is 1.08 bits per heavy atom. The molecule has 0 bridgehead atoms. The van der Waals surface area contributed by atoms with E-state index in [0.29, 0.717) is 69.9 Å². The SMILES string of the molecule is CC(C)C.CCC(=O)COC.CN(C)C.CN1CCOCC1.COC.COCC(N)=O.COCC1COC1.COCCCF.COCCCS(C)(=O)=O.COCCO.COCCOC.COc1ccc(C)cn1.Cc1ccc(C)nc1.Cc1ccc(N)nc1.Cc1ccccc1.Cc1cccnc1.Cc1ccsc1. The van der Waals surface area contributed by atoms with Crippen LogP contribution in [0.4, 0.5) is 10.2 Å². The van der Waals surface area contributed by atoms with Crippen molar-refractivity contribution in [3.05, 3.63) is 166 Å². The van der Waals surface area contributed by atoms with Gasteiger partial charge in [0, 0.05) is 159 Å². The number of nitrogen functional groups attached to an aromatic ring is 1. The summed E-state index contributed by atoms with van der Waals surface area (Å²) in [6.07, 6.45) is 11.9. The number of primary amides is 1. The number of halogens is 1. The summed E-state index contributed by atoms with van der Waals surface area (Å²) < 4.78 is 87.8. The summed E-state index contributed by atoms with van der Waals surface area (Å²) in [4.78, 5) is 40.0. The largest absolute Gasteiger partial charge is 0.481 e. The Balaban J connectivity index is -0.000000140. The number of hydrogen-bond acceptors (Lipinski definition) is 25. The molecule has 28 heteroatoms. The van der Waals surface area contributed by atoms with Crippen LogP contribution in [0.3, 0.4) is 0 Å². The number of methoxy groups -OCH3 is 10. The van der Waals surface area contributed by atoms with Crippen LogP contribution in [-0.2, 0) is 71.5 Å². The van der Waals surface area contributed by atoms with Crippen molar-refractivity contribution in [3.8, 4) is 5.88 Å². The first-order valence-electron chi connectivity index (χ1n) is 35.5. The number of likely N-dealkylation sites (N-methyl/N-ethyl adjacent to an activating group) is 1. The zero-order valence-corrected chi connectivity index (χ0v) is 73.6. The number of carbonyl (C=O) groups is 2. The van der Waals surface area contributed by atoms with E-state index in [-0.39, 0.29) is 38.0 Å². The van der Waals surface area contributed by atoms with E-state index in [1.54, 1.807) is 100.0 Å². The first kappa shape index (κ1) is 121. The molecule has 0 radical (unpaired) electrons. The summed E-state index contributed by atoms with van der Waals surface area (Å²) >= 11 is 1.74. The highest BCUT2D eigenvalue weighted by atomic mass is 32.2. The van der Waals surface area contributed by atoms with Crippen molar-refractivity contribution in [2.75, 3.05) is 230 Å². The number of pyridine rings is 4. The quantitative estimate of drug-likeness (QED) is 0.0598. The van der Waals surface area contributed by atoms with Gasteiger partial charge in [-0.25, -0.2) is 18.4 Å². The summed E-state index contributed by atoms with van der Waals surface area (Å²) in [6, 6.07) is 27.9. The number of ether oxygens (including phenoxy) is 12. The second kappa shape index (κ2) is 97.7. The average molecular weight is 1590 g/mol. The van der Waals surface area contributed by atoms with Crippen molar-refractivity contribution in [1.82, 2.24) is 29.7 Å². The Bertz CT molecular complexity index is 2620. The summed E-state index contributed by atoms with van der Waals surface area (Å²) in [5.41, 5.74) is 18.4. The number of amides is 1. The number of aliphatic hydroxyl groups excluding tert-OH is 1. The maximum absolute atomic E-state index is 11.1. The van der Waals surface area contributed by atoms with Crippen molar-refractivity contribution in [2.45, 2.75) is 95.4 Å². The summed E-state index contributed by atoms with van der Waals surface area (Å²) in [5.74, 6) is 2.71. The molecule has 25 nitrogen and oxygen atoms in total. The van der Waals surface area contributed by atoms with Crippen molar-refractivity contribution in [3.63, 3.8) is 0 Å². The summed E-state index contributed by atoms with van der Waals surface area (Å²) in [7, 11) is 22.8. The molecule has 7 heterocycles. The number of ketones is 1. The molecule has 2 fully saturated rings. The van der Waals surface area contributed by atoms with E-state index in [9.17, 15) is 22.4 Å². The van der Waals surface area contributed by atoms with Crippen LogP contribution in [0, 0.1) is 60.3 Å². The first-order valence-corrected chi connectivity index (χ1v) is 38.5. The number of aliphatic hydroxyl groups is 1. The number of morpholine rings is 1. The fourth-order valence-corrected chi connectivity index (χ4v) is 6.82. The van der Waals surface area contributed by atoms with E-state index in [1.807, 2.05) is 135 Å². The van der Waals surface area contributed by atoms with E-state index in [2.05, 4.69) is 145 Å². The van der Waals surface area contributed by atoms with Crippen LogP contribution >= 0.6 is 11.3 Å². The molecule has 0 atom stereocenters. The molecule has 0 aliphatic carbocycles. The smallest absolute Gasteiger partial charge is 0.243 e. The van der Waals surface area contributed by atoms with Gasteiger partial charge in [0.05, 0.1) is 79.0 Å². The number of aromatic nitrogens is 4. The number of Topliss-reactive ketones (excluding diaryl/α,β-unsaturated/α-hetero) is 1. The van der Waals surface area contributed by atoms with Crippen molar-refractivity contribution < 1.29 is 84.3 Å². The third-order valence-electron chi connectivity index (χ3n) is 11.0. The van der Waals surface area contributed by atoms with Crippen LogP contribution in [0.1, 0.15) is 86.0 Å². The number of anilines is 1. The maximum Gasteiger partial charge on any atom is 0.243 e. The summed E-state index contributed by atoms with van der Waals surface area (Å²) in [5, 5.41) is 12.1. The molecule has 0 saturated carbocycles. The van der Waals surface area contributed by atoms with E-state index in [1.165, 1.54) is 42.7 Å². The molecule has 1 amide bonds. The van der Waals surface area contributed by atoms with Crippen LogP contribution in [0.5, 0.6) is 5.88 Å². The zero-order valence-electron chi connectivity index (χ0n) is 71.9. The van der Waals surface area contributed by atoms with Gasteiger partial charge >= 0.3 is 0 Å². The van der Waals surface area contributed by atoms with Crippen LogP contribution < -0.4 is 16.2 Å². The van der Waals surface area contributed by atoms with E-state index in [4.69, 9.17) is 29.8 Å². The number of sulfone groups is 1.